The number of benzene rings is 2. The van der Waals surface area contributed by atoms with Crippen molar-refractivity contribution in [1.29, 1.82) is 5.26 Å². The summed E-state index contributed by atoms with van der Waals surface area (Å²) in [5.74, 6) is 4.01. The van der Waals surface area contributed by atoms with Gasteiger partial charge in [-0.3, -0.25) is 4.79 Å². The first kappa shape index (κ1) is 18.4. The highest BCUT2D eigenvalue weighted by Gasteiger charge is 2.42. The van der Waals surface area contributed by atoms with E-state index in [0.29, 0.717) is 4.31 Å². The second-order valence-corrected chi connectivity index (χ2v) is 7.50. The van der Waals surface area contributed by atoms with E-state index in [2.05, 4.69) is 11.8 Å². The summed E-state index contributed by atoms with van der Waals surface area (Å²) >= 11 is 0. The summed E-state index contributed by atoms with van der Waals surface area (Å²) in [5.41, 5.74) is 0.321. The second kappa shape index (κ2) is 6.75. The van der Waals surface area contributed by atoms with E-state index >= 15 is 0 Å². The highest BCUT2D eigenvalue weighted by Crippen LogP contribution is 2.38. The zero-order chi connectivity index (χ0) is 19.8. The maximum absolute atomic E-state index is 13.6. The number of carbonyl (C=O) groups is 1. The van der Waals surface area contributed by atoms with E-state index in [-0.39, 0.29) is 39.6 Å². The molecule has 2 aromatic carbocycles. The van der Waals surface area contributed by atoms with Crippen molar-refractivity contribution < 1.29 is 22.3 Å². The number of rotatable bonds is 3. The summed E-state index contributed by atoms with van der Waals surface area (Å²) in [6.45, 7) is 2.81. The minimum absolute atomic E-state index is 0.0368. The Hall–Kier alpha value is -3.36. The summed E-state index contributed by atoms with van der Waals surface area (Å²) in [6.07, 6.45) is 0. The Labute approximate surface area is 155 Å². The molecule has 1 aliphatic rings. The summed E-state index contributed by atoms with van der Waals surface area (Å²) in [4.78, 5) is 12.3. The molecule has 0 saturated carbocycles. The fraction of sp³-hybridized carbons (Fsp3) is 0.158. The van der Waals surface area contributed by atoms with E-state index in [9.17, 15) is 17.6 Å². The van der Waals surface area contributed by atoms with Crippen LogP contribution in [0, 0.1) is 35.9 Å². The Morgan fingerprint density at radius 1 is 1.26 bits per heavy atom. The normalized spacial score (nSPS) is 14.1. The molecule has 1 amide bonds. The van der Waals surface area contributed by atoms with E-state index in [0.717, 1.165) is 12.1 Å². The van der Waals surface area contributed by atoms with Gasteiger partial charge in [0.25, 0.3) is 15.9 Å². The van der Waals surface area contributed by atoms with Crippen LogP contribution in [-0.4, -0.2) is 25.2 Å². The van der Waals surface area contributed by atoms with E-state index in [1.54, 1.807) is 6.92 Å². The molecule has 0 aromatic heterocycles. The van der Waals surface area contributed by atoms with Crippen molar-refractivity contribution in [2.45, 2.75) is 18.7 Å². The molecule has 0 spiro atoms. The van der Waals surface area contributed by atoms with Crippen molar-refractivity contribution in [3.63, 3.8) is 0 Å². The molecule has 0 atom stereocenters. The Kier molecular flexibility index (Phi) is 4.61. The highest BCUT2D eigenvalue weighted by molar-refractivity contribution is 7.90. The first-order valence-corrected chi connectivity index (χ1v) is 9.22. The van der Waals surface area contributed by atoms with Crippen LogP contribution in [0.15, 0.2) is 35.2 Å². The van der Waals surface area contributed by atoms with Crippen LogP contribution < -0.4 is 4.74 Å². The van der Waals surface area contributed by atoms with Gasteiger partial charge in [-0.15, -0.1) is 5.92 Å². The summed E-state index contributed by atoms with van der Waals surface area (Å²) in [7, 11) is -4.06. The van der Waals surface area contributed by atoms with Crippen LogP contribution >= 0.6 is 0 Å². The molecule has 6 nitrogen and oxygen atoms in total. The Bertz CT molecular complexity index is 1170. The van der Waals surface area contributed by atoms with Crippen molar-refractivity contribution in [2.75, 3.05) is 6.54 Å². The van der Waals surface area contributed by atoms with Crippen LogP contribution in [0.2, 0.25) is 0 Å². The minimum Gasteiger partial charge on any atom is -0.457 e. The number of ether oxygens (including phenoxy) is 1. The third-order valence-electron chi connectivity index (χ3n) is 3.99. The van der Waals surface area contributed by atoms with Gasteiger partial charge >= 0.3 is 0 Å². The smallest absolute Gasteiger partial charge is 0.269 e. The molecule has 0 unspecified atom stereocenters. The molecular weight excluding hydrogens is 371 g/mol. The van der Waals surface area contributed by atoms with Crippen molar-refractivity contribution >= 4 is 15.9 Å². The summed E-state index contributed by atoms with van der Waals surface area (Å²) < 4.78 is 45.4. The van der Waals surface area contributed by atoms with Gasteiger partial charge in [-0.25, -0.2) is 17.1 Å². The van der Waals surface area contributed by atoms with Gasteiger partial charge in [-0.1, -0.05) is 5.92 Å². The number of sulfonamides is 1. The van der Waals surface area contributed by atoms with Crippen LogP contribution in [-0.2, 0) is 10.0 Å². The predicted molar refractivity (Wildman–Crippen MR) is 94.0 cm³/mol. The third-order valence-corrected chi connectivity index (χ3v) is 5.91. The van der Waals surface area contributed by atoms with Crippen molar-refractivity contribution in [2.24, 2.45) is 0 Å². The van der Waals surface area contributed by atoms with Crippen LogP contribution in [0.3, 0.4) is 0 Å². The van der Waals surface area contributed by atoms with Crippen LogP contribution in [0.5, 0.6) is 11.5 Å². The predicted octanol–water partition coefficient (Wildman–Crippen LogP) is 2.97. The number of amides is 1. The minimum atomic E-state index is -4.06. The average molecular weight is 384 g/mol. The topological polar surface area (TPSA) is 87.5 Å². The van der Waals surface area contributed by atoms with Gasteiger partial charge < -0.3 is 4.74 Å². The van der Waals surface area contributed by atoms with Crippen LogP contribution in [0.1, 0.15) is 28.4 Å². The lowest BCUT2D eigenvalue weighted by Crippen LogP contribution is -2.30. The zero-order valence-corrected chi connectivity index (χ0v) is 15.2. The maximum Gasteiger partial charge on any atom is 0.269 e. The molecule has 0 N–H and O–H groups in total. The Morgan fingerprint density at radius 2 is 2.00 bits per heavy atom. The molecule has 0 fully saturated rings. The lowest BCUT2D eigenvalue weighted by molar-refractivity contribution is 0.0882. The zero-order valence-electron chi connectivity index (χ0n) is 14.4. The summed E-state index contributed by atoms with van der Waals surface area (Å²) in [6, 6.07) is 8.07. The van der Waals surface area contributed by atoms with Gasteiger partial charge in [-0.05, 0) is 38.1 Å². The monoisotopic (exact) mass is 384 g/mol. The molecule has 2 aromatic rings. The fourth-order valence-corrected chi connectivity index (χ4v) is 4.45. The van der Waals surface area contributed by atoms with E-state index in [4.69, 9.17) is 10.00 Å². The maximum atomic E-state index is 13.6. The fourth-order valence-electron chi connectivity index (χ4n) is 2.76. The molecule has 1 heterocycles. The molecule has 0 saturated heterocycles. The van der Waals surface area contributed by atoms with Crippen LogP contribution in [0.25, 0.3) is 0 Å². The Morgan fingerprint density at radius 3 is 2.67 bits per heavy atom. The molecule has 3 rings (SSSR count). The SMILES string of the molecule is CC#CCN1C(=O)c2ccc(Oc3cc(F)cc(C#N)c3)c(C)c2S1(=O)=O. The molecule has 0 radical (unpaired) electrons. The van der Waals surface area contributed by atoms with Crippen molar-refractivity contribution in [3.8, 4) is 29.4 Å². The first-order valence-electron chi connectivity index (χ1n) is 7.78. The van der Waals surface area contributed by atoms with Gasteiger partial charge in [0.15, 0.2) is 0 Å². The largest absolute Gasteiger partial charge is 0.457 e. The van der Waals surface area contributed by atoms with Gasteiger partial charge in [0, 0.05) is 11.6 Å². The van der Waals surface area contributed by atoms with Crippen molar-refractivity contribution in [3.05, 3.63) is 52.8 Å². The van der Waals surface area contributed by atoms with Crippen LogP contribution in [0.4, 0.5) is 4.39 Å². The lowest BCUT2D eigenvalue weighted by Gasteiger charge is -2.13. The molecule has 1 aliphatic heterocycles. The number of carbonyl (C=O) groups excluding carboxylic acids is 1. The van der Waals surface area contributed by atoms with E-state index in [1.165, 1.54) is 25.1 Å². The average Bonchev–Trinajstić information content (AvgIpc) is 2.81. The van der Waals surface area contributed by atoms with Gasteiger partial charge in [0.05, 0.1) is 23.7 Å². The highest BCUT2D eigenvalue weighted by atomic mass is 32.2. The van der Waals surface area contributed by atoms with E-state index < -0.39 is 21.7 Å². The number of fused-ring (bicyclic) bond motifs is 1. The van der Waals surface area contributed by atoms with E-state index in [1.807, 2.05) is 6.07 Å². The third kappa shape index (κ3) is 3.12. The summed E-state index contributed by atoms with van der Waals surface area (Å²) in [5, 5.41) is 8.93. The standard InChI is InChI=1S/C19H13FN2O4S/c1-3-4-7-22-19(23)16-5-6-17(12(2)18(16)27(22,24)25)26-15-9-13(11-21)8-14(20)10-15/h5-6,8-10H,7H2,1-2H3. The molecule has 27 heavy (non-hydrogen) atoms. The number of hydrogen-bond acceptors (Lipinski definition) is 5. The Balaban J connectivity index is 2.07. The molecule has 0 aliphatic carbocycles. The molecule has 8 heteroatoms. The molecule has 136 valence electrons. The number of nitrogens with zero attached hydrogens (tertiary/aromatic N) is 2. The number of nitriles is 1. The van der Waals surface area contributed by atoms with Gasteiger partial charge in [-0.2, -0.15) is 5.26 Å². The second-order valence-electron chi connectivity index (χ2n) is 5.70. The number of hydrogen-bond donors (Lipinski definition) is 0. The van der Waals surface area contributed by atoms with Gasteiger partial charge in [0.1, 0.15) is 22.2 Å². The lowest BCUT2D eigenvalue weighted by atomic mass is 10.1. The quantitative estimate of drug-likeness (QED) is 0.760. The molecule has 0 bridgehead atoms. The van der Waals surface area contributed by atoms with Gasteiger partial charge in [0.2, 0.25) is 0 Å². The number of halogens is 1. The molecular formula is C19H13FN2O4S. The first-order chi connectivity index (χ1) is 12.8. The van der Waals surface area contributed by atoms with Crippen molar-refractivity contribution in [1.82, 2.24) is 4.31 Å².